The van der Waals surface area contributed by atoms with Crippen LogP contribution in [0.1, 0.15) is 20.3 Å². The second-order valence-electron chi connectivity index (χ2n) is 3.44. The second-order valence-corrected chi connectivity index (χ2v) is 4.20. The van der Waals surface area contributed by atoms with Crippen LogP contribution >= 0.6 is 23.2 Å². The molecule has 1 N–H and O–H groups in total. The molecule has 0 amide bonds. The summed E-state index contributed by atoms with van der Waals surface area (Å²) in [5.41, 5.74) is -1.29. The first kappa shape index (κ1) is 13.1. The molecule has 0 bridgehead atoms. The minimum atomic E-state index is -1.29. The average molecular weight is 264 g/mol. The maximum absolute atomic E-state index is 11.0. The molecule has 1 atom stereocenters. The van der Waals surface area contributed by atoms with Crippen molar-refractivity contribution in [2.75, 3.05) is 0 Å². The standard InChI is InChI=1S/C10H11Cl2NO3/c1-3-10(2,9(14)15)16-6-4-7(11)8(12)13-5-6/h4-5H,3H2,1-2H3,(H,14,15). The lowest BCUT2D eigenvalue weighted by Gasteiger charge is -2.24. The molecule has 0 fully saturated rings. The van der Waals surface area contributed by atoms with Crippen LogP contribution in [0, 0.1) is 0 Å². The van der Waals surface area contributed by atoms with Gasteiger partial charge in [0, 0.05) is 6.07 Å². The van der Waals surface area contributed by atoms with E-state index in [0.717, 1.165) is 0 Å². The molecule has 1 aromatic heterocycles. The molecule has 0 aliphatic carbocycles. The number of aromatic nitrogens is 1. The molecule has 0 radical (unpaired) electrons. The summed E-state index contributed by atoms with van der Waals surface area (Å²) < 4.78 is 5.34. The van der Waals surface area contributed by atoms with E-state index in [-0.39, 0.29) is 15.9 Å². The normalized spacial score (nSPS) is 14.2. The van der Waals surface area contributed by atoms with E-state index < -0.39 is 11.6 Å². The first-order chi connectivity index (χ1) is 7.39. The minimum Gasteiger partial charge on any atom is -0.478 e. The van der Waals surface area contributed by atoms with Crippen molar-refractivity contribution in [3.8, 4) is 5.75 Å². The molecule has 0 spiro atoms. The number of rotatable bonds is 4. The Bertz CT molecular complexity index is 411. The molecule has 4 nitrogen and oxygen atoms in total. The largest absolute Gasteiger partial charge is 0.478 e. The number of pyridine rings is 1. The van der Waals surface area contributed by atoms with Crippen LogP contribution in [0.5, 0.6) is 5.75 Å². The van der Waals surface area contributed by atoms with Gasteiger partial charge in [0.15, 0.2) is 0 Å². The number of ether oxygens (including phenoxy) is 1. The molecule has 1 heterocycles. The minimum absolute atomic E-state index is 0.155. The van der Waals surface area contributed by atoms with E-state index in [9.17, 15) is 4.79 Å². The Morgan fingerprint density at radius 1 is 1.62 bits per heavy atom. The quantitative estimate of drug-likeness (QED) is 0.849. The van der Waals surface area contributed by atoms with Crippen LogP contribution in [0.25, 0.3) is 0 Å². The van der Waals surface area contributed by atoms with Gasteiger partial charge in [-0.05, 0) is 13.3 Å². The van der Waals surface area contributed by atoms with Crippen LogP contribution in [0.4, 0.5) is 0 Å². The molecule has 0 saturated heterocycles. The molecule has 6 heteroatoms. The van der Waals surface area contributed by atoms with Crippen LogP contribution in [-0.4, -0.2) is 21.7 Å². The summed E-state index contributed by atoms with van der Waals surface area (Å²) in [6.45, 7) is 3.21. The summed E-state index contributed by atoms with van der Waals surface area (Å²) in [4.78, 5) is 14.8. The van der Waals surface area contributed by atoms with Crippen molar-refractivity contribution in [1.29, 1.82) is 0 Å². The second kappa shape index (κ2) is 4.89. The average Bonchev–Trinajstić information content (AvgIpc) is 2.23. The molecule has 0 aromatic carbocycles. The Morgan fingerprint density at radius 3 is 2.69 bits per heavy atom. The fourth-order valence-corrected chi connectivity index (χ4v) is 1.25. The Morgan fingerprint density at radius 2 is 2.25 bits per heavy atom. The topological polar surface area (TPSA) is 59.4 Å². The van der Waals surface area contributed by atoms with Crippen molar-refractivity contribution in [3.05, 3.63) is 22.4 Å². The highest BCUT2D eigenvalue weighted by Gasteiger charge is 2.33. The zero-order chi connectivity index (χ0) is 12.3. The third kappa shape index (κ3) is 2.77. The van der Waals surface area contributed by atoms with Crippen LogP contribution in [0.3, 0.4) is 0 Å². The molecule has 1 aromatic rings. The maximum Gasteiger partial charge on any atom is 0.347 e. The molecule has 1 rings (SSSR count). The Hall–Kier alpha value is -1.00. The number of aliphatic carboxylic acids is 1. The highest BCUT2D eigenvalue weighted by atomic mass is 35.5. The third-order valence-electron chi connectivity index (χ3n) is 2.24. The lowest BCUT2D eigenvalue weighted by Crippen LogP contribution is -2.40. The van der Waals surface area contributed by atoms with E-state index in [4.69, 9.17) is 33.0 Å². The predicted octanol–water partition coefficient (Wildman–Crippen LogP) is 3.02. The number of carboxylic acids is 1. The Labute approximate surface area is 103 Å². The summed E-state index contributed by atoms with van der Waals surface area (Å²) in [5.74, 6) is -0.762. The van der Waals surface area contributed by atoms with E-state index in [0.29, 0.717) is 6.42 Å². The summed E-state index contributed by atoms with van der Waals surface area (Å²) >= 11 is 11.4. The molecule has 0 saturated carbocycles. The van der Waals surface area contributed by atoms with Gasteiger partial charge in [-0.15, -0.1) is 0 Å². The number of hydrogen-bond acceptors (Lipinski definition) is 3. The molecule has 1 unspecified atom stereocenters. The van der Waals surface area contributed by atoms with Crippen molar-refractivity contribution >= 4 is 29.2 Å². The number of halogens is 2. The van der Waals surface area contributed by atoms with Gasteiger partial charge in [0.1, 0.15) is 10.9 Å². The monoisotopic (exact) mass is 263 g/mol. The van der Waals surface area contributed by atoms with Crippen molar-refractivity contribution in [2.45, 2.75) is 25.9 Å². The van der Waals surface area contributed by atoms with Crippen molar-refractivity contribution < 1.29 is 14.6 Å². The molecule has 0 aliphatic heterocycles. The van der Waals surface area contributed by atoms with Crippen molar-refractivity contribution in [1.82, 2.24) is 4.98 Å². The first-order valence-electron chi connectivity index (χ1n) is 4.62. The number of carboxylic acid groups (broad SMARTS) is 1. The molecular formula is C10H11Cl2NO3. The number of hydrogen-bond donors (Lipinski definition) is 1. The third-order valence-corrected chi connectivity index (χ3v) is 2.93. The van der Waals surface area contributed by atoms with Gasteiger partial charge in [-0.25, -0.2) is 9.78 Å². The summed E-state index contributed by atoms with van der Waals surface area (Å²) in [7, 11) is 0. The molecule has 88 valence electrons. The summed E-state index contributed by atoms with van der Waals surface area (Å²) in [5, 5.41) is 9.39. The van der Waals surface area contributed by atoms with E-state index >= 15 is 0 Å². The zero-order valence-electron chi connectivity index (χ0n) is 8.83. The Kier molecular flexibility index (Phi) is 3.99. The number of carbonyl (C=O) groups is 1. The number of nitrogens with zero attached hydrogens (tertiary/aromatic N) is 1. The van der Waals surface area contributed by atoms with Crippen LogP contribution in [-0.2, 0) is 4.79 Å². The van der Waals surface area contributed by atoms with Gasteiger partial charge in [0.2, 0.25) is 5.60 Å². The van der Waals surface area contributed by atoms with Gasteiger partial charge in [-0.2, -0.15) is 0 Å². The van der Waals surface area contributed by atoms with Gasteiger partial charge >= 0.3 is 5.97 Å². The molecule has 16 heavy (non-hydrogen) atoms. The summed E-state index contributed by atoms with van der Waals surface area (Å²) in [6, 6.07) is 1.44. The van der Waals surface area contributed by atoms with E-state index in [1.54, 1.807) is 6.92 Å². The molecular weight excluding hydrogens is 253 g/mol. The van der Waals surface area contributed by atoms with Crippen molar-refractivity contribution in [3.63, 3.8) is 0 Å². The zero-order valence-corrected chi connectivity index (χ0v) is 10.3. The fourth-order valence-electron chi connectivity index (χ4n) is 0.987. The fraction of sp³-hybridized carbons (Fsp3) is 0.400. The lowest BCUT2D eigenvalue weighted by molar-refractivity contribution is -0.154. The smallest absolute Gasteiger partial charge is 0.347 e. The van der Waals surface area contributed by atoms with Crippen LogP contribution in [0.15, 0.2) is 12.3 Å². The van der Waals surface area contributed by atoms with Crippen LogP contribution < -0.4 is 4.74 Å². The SMILES string of the molecule is CCC(C)(Oc1cnc(Cl)c(Cl)c1)C(=O)O. The lowest BCUT2D eigenvalue weighted by atomic mass is 10.0. The van der Waals surface area contributed by atoms with E-state index in [2.05, 4.69) is 4.98 Å². The van der Waals surface area contributed by atoms with Gasteiger partial charge in [-0.3, -0.25) is 0 Å². The van der Waals surface area contributed by atoms with E-state index in [1.165, 1.54) is 19.2 Å². The van der Waals surface area contributed by atoms with Crippen LogP contribution in [0.2, 0.25) is 10.2 Å². The van der Waals surface area contributed by atoms with E-state index in [1.807, 2.05) is 0 Å². The predicted molar refractivity (Wildman–Crippen MR) is 61.2 cm³/mol. The summed E-state index contributed by atoms with van der Waals surface area (Å²) in [6.07, 6.45) is 1.66. The first-order valence-corrected chi connectivity index (χ1v) is 5.38. The van der Waals surface area contributed by atoms with Gasteiger partial charge < -0.3 is 9.84 Å². The Balaban J connectivity index is 2.95. The van der Waals surface area contributed by atoms with Gasteiger partial charge in [0.25, 0.3) is 0 Å². The molecule has 0 aliphatic rings. The van der Waals surface area contributed by atoms with Crippen molar-refractivity contribution in [2.24, 2.45) is 0 Å². The highest BCUT2D eigenvalue weighted by Crippen LogP contribution is 2.27. The van der Waals surface area contributed by atoms with Gasteiger partial charge in [-0.1, -0.05) is 30.1 Å². The van der Waals surface area contributed by atoms with Gasteiger partial charge in [0.05, 0.1) is 11.2 Å². The maximum atomic E-state index is 11.0. The highest BCUT2D eigenvalue weighted by molar-refractivity contribution is 6.41.